The third-order valence-corrected chi connectivity index (χ3v) is 5.67. The van der Waals surface area contributed by atoms with Crippen LogP contribution in [0, 0.1) is 17.2 Å². The van der Waals surface area contributed by atoms with Gasteiger partial charge in [0.2, 0.25) is 0 Å². The molecule has 0 radical (unpaired) electrons. The molecule has 0 amide bonds. The van der Waals surface area contributed by atoms with Crippen LogP contribution in [-0.2, 0) is 6.42 Å². The highest BCUT2D eigenvalue weighted by Crippen LogP contribution is 2.49. The van der Waals surface area contributed by atoms with E-state index in [9.17, 15) is 5.11 Å². The summed E-state index contributed by atoms with van der Waals surface area (Å²) in [4.78, 5) is 4.33. The maximum Gasteiger partial charge on any atom is 0.0991 e. The number of hydrogen-bond donors (Lipinski definition) is 1. The molecule has 5 rings (SSSR count). The van der Waals surface area contributed by atoms with Crippen LogP contribution in [-0.4, -0.2) is 14.7 Å². The minimum atomic E-state index is -0.539. The predicted molar refractivity (Wildman–Crippen MR) is 93.7 cm³/mol. The number of rotatable bonds is 1. The summed E-state index contributed by atoms with van der Waals surface area (Å²) in [6.07, 6.45) is 5.01. The van der Waals surface area contributed by atoms with Gasteiger partial charge in [0.15, 0.2) is 0 Å². The Bertz CT molecular complexity index is 1010. The van der Waals surface area contributed by atoms with E-state index in [0.29, 0.717) is 5.56 Å². The van der Waals surface area contributed by atoms with Crippen molar-refractivity contribution in [3.05, 3.63) is 77.2 Å². The van der Waals surface area contributed by atoms with Gasteiger partial charge in [0.1, 0.15) is 0 Å². The molecular weight excluding hydrogens is 310 g/mol. The number of aliphatic hydroxyl groups excluding tert-OH is 1. The summed E-state index contributed by atoms with van der Waals surface area (Å²) in [6.45, 7) is 0. The number of fused-ring (bicyclic) bond motifs is 4. The smallest absolute Gasteiger partial charge is 0.0991 e. The second-order valence-electron chi connectivity index (χ2n) is 6.89. The van der Waals surface area contributed by atoms with Crippen molar-refractivity contribution in [3.63, 3.8) is 0 Å². The maximum absolute atomic E-state index is 11.1. The maximum atomic E-state index is 11.1. The Labute approximate surface area is 146 Å². The summed E-state index contributed by atoms with van der Waals surface area (Å²) < 4.78 is 2.20. The lowest BCUT2D eigenvalue weighted by Gasteiger charge is -2.35. The minimum Gasteiger partial charge on any atom is -0.388 e. The first kappa shape index (κ1) is 14.4. The second kappa shape index (κ2) is 5.30. The van der Waals surface area contributed by atoms with Crippen molar-refractivity contribution in [2.45, 2.75) is 25.0 Å². The zero-order chi connectivity index (χ0) is 17.0. The third kappa shape index (κ3) is 2.00. The van der Waals surface area contributed by atoms with Gasteiger partial charge in [0.05, 0.1) is 42.0 Å². The van der Waals surface area contributed by atoms with Crippen LogP contribution in [0.5, 0.6) is 0 Å². The monoisotopic (exact) mass is 327 g/mol. The molecule has 0 spiro atoms. The topological polar surface area (TPSA) is 61.8 Å². The lowest BCUT2D eigenvalue weighted by Crippen LogP contribution is -2.28. The van der Waals surface area contributed by atoms with Crippen LogP contribution in [0.2, 0.25) is 0 Å². The SMILES string of the molecule is N#Cc1ccc2c(c1)CC[C@@H]([C@@H]1c3ccccc3-c3cncn31)[C@H]2O. The molecule has 4 heteroatoms. The van der Waals surface area contributed by atoms with Crippen molar-refractivity contribution >= 4 is 0 Å². The molecule has 1 aliphatic heterocycles. The highest BCUT2D eigenvalue weighted by atomic mass is 16.3. The highest BCUT2D eigenvalue weighted by molar-refractivity contribution is 5.69. The Kier molecular flexibility index (Phi) is 3.06. The van der Waals surface area contributed by atoms with Crippen LogP contribution in [0.3, 0.4) is 0 Å². The van der Waals surface area contributed by atoms with Gasteiger partial charge in [-0.2, -0.15) is 5.26 Å². The number of hydrogen-bond acceptors (Lipinski definition) is 3. The van der Waals surface area contributed by atoms with Crippen molar-refractivity contribution in [2.75, 3.05) is 0 Å². The molecule has 1 aliphatic carbocycles. The van der Waals surface area contributed by atoms with Gasteiger partial charge in [0.25, 0.3) is 0 Å². The number of nitrogens with zero attached hydrogens (tertiary/aromatic N) is 3. The van der Waals surface area contributed by atoms with E-state index in [2.05, 4.69) is 39.9 Å². The van der Waals surface area contributed by atoms with Crippen molar-refractivity contribution in [2.24, 2.45) is 5.92 Å². The molecular formula is C21H17N3O. The van der Waals surface area contributed by atoms with Crippen LogP contribution in [0.25, 0.3) is 11.3 Å². The Morgan fingerprint density at radius 1 is 1.16 bits per heavy atom. The standard InChI is InChI=1S/C21H17N3O/c22-10-13-5-7-15-14(9-13)6-8-18(21(15)25)20-17-4-2-1-3-16(17)19-11-23-12-24(19)20/h1-5,7,9,11-12,18,20-21,25H,6,8H2/t18-,20-,21-/m0/s1. The van der Waals surface area contributed by atoms with Crippen LogP contribution in [0.4, 0.5) is 0 Å². The first-order valence-corrected chi connectivity index (χ1v) is 8.60. The van der Waals surface area contributed by atoms with E-state index < -0.39 is 6.10 Å². The molecule has 3 aromatic rings. The van der Waals surface area contributed by atoms with E-state index in [1.165, 1.54) is 11.1 Å². The largest absolute Gasteiger partial charge is 0.388 e. The fourth-order valence-electron chi connectivity index (χ4n) is 4.53. The average molecular weight is 327 g/mol. The van der Waals surface area contributed by atoms with Crippen molar-refractivity contribution in [1.29, 1.82) is 5.26 Å². The van der Waals surface area contributed by atoms with Gasteiger partial charge in [-0.15, -0.1) is 0 Å². The number of aromatic nitrogens is 2. The Balaban J connectivity index is 1.60. The summed E-state index contributed by atoms with van der Waals surface area (Å²) in [5, 5.41) is 20.2. The first-order valence-electron chi connectivity index (χ1n) is 8.60. The van der Waals surface area contributed by atoms with E-state index in [4.69, 9.17) is 5.26 Å². The Morgan fingerprint density at radius 3 is 2.92 bits per heavy atom. The number of nitriles is 1. The normalized spacial score (nSPS) is 23.4. The minimum absolute atomic E-state index is 0.0945. The molecule has 3 atom stereocenters. The first-order chi connectivity index (χ1) is 12.3. The third-order valence-electron chi connectivity index (χ3n) is 5.67. The van der Waals surface area contributed by atoms with Gasteiger partial charge in [0, 0.05) is 11.5 Å². The molecule has 122 valence electrons. The van der Waals surface area contributed by atoms with E-state index >= 15 is 0 Å². The number of benzene rings is 2. The molecule has 2 aliphatic rings. The molecule has 1 N–H and O–H groups in total. The Hall–Kier alpha value is -2.90. The molecule has 4 nitrogen and oxygen atoms in total. The van der Waals surface area contributed by atoms with Gasteiger partial charge in [-0.05, 0) is 41.7 Å². The van der Waals surface area contributed by atoms with Gasteiger partial charge < -0.3 is 9.67 Å². The molecule has 25 heavy (non-hydrogen) atoms. The molecule has 0 saturated heterocycles. The summed E-state index contributed by atoms with van der Waals surface area (Å²) in [5.74, 6) is 0.0945. The van der Waals surface area contributed by atoms with Crippen LogP contribution in [0.15, 0.2) is 55.0 Å². The summed E-state index contributed by atoms with van der Waals surface area (Å²) in [5.41, 5.74) is 6.32. The van der Waals surface area contributed by atoms with E-state index in [-0.39, 0.29) is 12.0 Å². The molecule has 1 aromatic heterocycles. The molecule has 0 bridgehead atoms. The van der Waals surface area contributed by atoms with E-state index in [0.717, 1.165) is 29.7 Å². The van der Waals surface area contributed by atoms with Gasteiger partial charge in [-0.3, -0.25) is 0 Å². The zero-order valence-corrected chi connectivity index (χ0v) is 13.6. The van der Waals surface area contributed by atoms with Crippen LogP contribution in [0.1, 0.15) is 40.8 Å². The average Bonchev–Trinajstić information content (AvgIpc) is 3.23. The Morgan fingerprint density at radius 2 is 2.04 bits per heavy atom. The molecule has 0 unspecified atom stereocenters. The van der Waals surface area contributed by atoms with Crippen LogP contribution >= 0.6 is 0 Å². The van der Waals surface area contributed by atoms with E-state index in [1.807, 2.05) is 24.7 Å². The molecule has 0 fully saturated rings. The lowest BCUT2D eigenvalue weighted by atomic mass is 9.75. The molecule has 0 saturated carbocycles. The fourth-order valence-corrected chi connectivity index (χ4v) is 4.53. The zero-order valence-electron chi connectivity index (χ0n) is 13.6. The van der Waals surface area contributed by atoms with Gasteiger partial charge >= 0.3 is 0 Å². The van der Waals surface area contributed by atoms with Gasteiger partial charge in [-0.1, -0.05) is 30.3 Å². The molecule has 2 aromatic carbocycles. The molecule has 2 heterocycles. The quantitative estimate of drug-likeness (QED) is 0.742. The summed E-state index contributed by atoms with van der Waals surface area (Å²) in [7, 11) is 0. The number of aryl methyl sites for hydroxylation is 1. The highest BCUT2D eigenvalue weighted by Gasteiger charge is 2.40. The lowest BCUT2D eigenvalue weighted by molar-refractivity contribution is 0.0720. The van der Waals surface area contributed by atoms with Crippen molar-refractivity contribution in [1.82, 2.24) is 9.55 Å². The van der Waals surface area contributed by atoms with Crippen LogP contribution < -0.4 is 0 Å². The van der Waals surface area contributed by atoms with Crippen molar-refractivity contribution in [3.8, 4) is 17.3 Å². The predicted octanol–water partition coefficient (Wildman–Crippen LogP) is 3.62. The summed E-state index contributed by atoms with van der Waals surface area (Å²) in [6, 6.07) is 16.3. The van der Waals surface area contributed by atoms with Crippen molar-refractivity contribution < 1.29 is 5.11 Å². The number of imidazole rings is 1. The van der Waals surface area contributed by atoms with E-state index in [1.54, 1.807) is 6.07 Å². The summed E-state index contributed by atoms with van der Waals surface area (Å²) >= 11 is 0. The number of aliphatic hydroxyl groups is 1. The fraction of sp³-hybridized carbons (Fsp3) is 0.238. The second-order valence-corrected chi connectivity index (χ2v) is 6.89. The van der Waals surface area contributed by atoms with Gasteiger partial charge in [-0.25, -0.2) is 4.98 Å².